The van der Waals surface area contributed by atoms with E-state index in [1.165, 1.54) is 0 Å². The summed E-state index contributed by atoms with van der Waals surface area (Å²) in [5.41, 5.74) is 5.45. The number of nitro benzene ring substituents is 1. The summed E-state index contributed by atoms with van der Waals surface area (Å²) in [4.78, 5) is 22.1. The van der Waals surface area contributed by atoms with E-state index in [0.717, 1.165) is 12.1 Å². The summed E-state index contributed by atoms with van der Waals surface area (Å²) in [6.45, 7) is 1.00. The monoisotopic (exact) mass is 285 g/mol. The van der Waals surface area contributed by atoms with Crippen molar-refractivity contribution in [1.29, 1.82) is 0 Å². The first-order chi connectivity index (χ1) is 8.99. The lowest BCUT2D eigenvalue weighted by Crippen LogP contribution is -2.35. The predicted molar refractivity (Wildman–Crippen MR) is 69.2 cm³/mol. The Kier molecular flexibility index (Phi) is 3.87. The number of nitrogens with two attached hydrogens (primary N) is 1. The Morgan fingerprint density at radius 2 is 2.32 bits per heavy atom. The van der Waals surface area contributed by atoms with Crippen LogP contribution >= 0.6 is 11.6 Å². The van der Waals surface area contributed by atoms with E-state index in [1.807, 2.05) is 0 Å². The number of rotatable bonds is 3. The van der Waals surface area contributed by atoms with Gasteiger partial charge in [-0.2, -0.15) is 0 Å². The number of halogens is 1. The van der Waals surface area contributed by atoms with E-state index >= 15 is 0 Å². The number of nitrogen functional groups attached to an aromatic ring is 1. The first-order valence-electron chi connectivity index (χ1n) is 5.61. The molecule has 1 aromatic carbocycles. The van der Waals surface area contributed by atoms with Crippen LogP contribution in [-0.4, -0.2) is 30.1 Å². The molecule has 8 heteroatoms. The number of amides is 1. The minimum absolute atomic E-state index is 0.00565. The van der Waals surface area contributed by atoms with Crippen LogP contribution in [0.3, 0.4) is 0 Å². The average molecular weight is 286 g/mol. The second kappa shape index (κ2) is 5.41. The van der Waals surface area contributed by atoms with E-state index in [2.05, 4.69) is 5.32 Å². The van der Waals surface area contributed by atoms with Crippen LogP contribution in [0.5, 0.6) is 0 Å². The van der Waals surface area contributed by atoms with E-state index in [4.69, 9.17) is 22.1 Å². The highest BCUT2D eigenvalue weighted by Gasteiger charge is 2.23. The van der Waals surface area contributed by atoms with E-state index in [-0.39, 0.29) is 28.0 Å². The van der Waals surface area contributed by atoms with Gasteiger partial charge in [-0.3, -0.25) is 14.9 Å². The molecule has 1 unspecified atom stereocenters. The van der Waals surface area contributed by atoms with E-state index in [9.17, 15) is 14.9 Å². The van der Waals surface area contributed by atoms with Gasteiger partial charge >= 0.3 is 0 Å². The SMILES string of the molecule is Nc1c(Cl)cc([N+](=O)[O-])cc1C(=O)NC1CCOC1. The number of carbonyl (C=O) groups excluding carboxylic acids is 1. The number of non-ortho nitro benzene ring substituents is 1. The van der Waals surface area contributed by atoms with Gasteiger partial charge in [-0.15, -0.1) is 0 Å². The summed E-state index contributed by atoms with van der Waals surface area (Å²) in [6, 6.07) is 2.13. The fourth-order valence-electron chi connectivity index (χ4n) is 1.81. The van der Waals surface area contributed by atoms with Gasteiger partial charge in [0.1, 0.15) is 0 Å². The molecular formula is C11H12ClN3O4. The van der Waals surface area contributed by atoms with Gasteiger partial charge in [0.15, 0.2) is 0 Å². The Balaban J connectivity index is 2.26. The molecule has 1 fully saturated rings. The largest absolute Gasteiger partial charge is 0.397 e. The third-order valence-electron chi connectivity index (χ3n) is 2.83. The summed E-state index contributed by atoms with van der Waals surface area (Å²) in [7, 11) is 0. The molecule has 1 atom stereocenters. The maximum absolute atomic E-state index is 12.0. The third kappa shape index (κ3) is 2.94. The van der Waals surface area contributed by atoms with Crippen molar-refractivity contribution in [3.05, 3.63) is 32.8 Å². The quantitative estimate of drug-likeness (QED) is 0.495. The molecule has 1 amide bonds. The molecule has 1 heterocycles. The lowest BCUT2D eigenvalue weighted by molar-refractivity contribution is -0.384. The summed E-state index contributed by atoms with van der Waals surface area (Å²) < 4.78 is 5.13. The second-order valence-corrected chi connectivity index (χ2v) is 4.59. The van der Waals surface area contributed by atoms with Crippen molar-refractivity contribution in [2.75, 3.05) is 18.9 Å². The Hall–Kier alpha value is -1.86. The molecule has 102 valence electrons. The van der Waals surface area contributed by atoms with Gasteiger partial charge in [-0.1, -0.05) is 11.6 Å². The van der Waals surface area contributed by atoms with Crippen molar-refractivity contribution in [3.8, 4) is 0 Å². The molecule has 1 aromatic rings. The Labute approximate surface area is 113 Å². The van der Waals surface area contributed by atoms with Gasteiger partial charge in [0.05, 0.1) is 33.8 Å². The molecule has 0 aliphatic carbocycles. The number of nitro groups is 1. The molecule has 0 saturated carbocycles. The fourth-order valence-corrected chi connectivity index (χ4v) is 2.02. The topological polar surface area (TPSA) is 107 Å². The summed E-state index contributed by atoms with van der Waals surface area (Å²) in [5.74, 6) is -0.487. The molecule has 19 heavy (non-hydrogen) atoms. The van der Waals surface area contributed by atoms with Gasteiger partial charge in [-0.25, -0.2) is 0 Å². The van der Waals surface area contributed by atoms with Crippen LogP contribution in [0.25, 0.3) is 0 Å². The standard InChI is InChI=1S/C11H12ClN3O4/c12-9-4-7(15(17)18)3-8(10(9)13)11(16)14-6-1-2-19-5-6/h3-4,6H,1-2,5,13H2,(H,14,16). The van der Waals surface area contributed by atoms with Crippen molar-refractivity contribution in [2.24, 2.45) is 0 Å². The molecule has 1 aliphatic rings. The summed E-state index contributed by atoms with van der Waals surface area (Å²) >= 11 is 5.79. The Morgan fingerprint density at radius 1 is 1.58 bits per heavy atom. The van der Waals surface area contributed by atoms with Crippen LogP contribution in [0.1, 0.15) is 16.8 Å². The summed E-state index contributed by atoms with van der Waals surface area (Å²) in [6.07, 6.45) is 0.703. The molecule has 0 aromatic heterocycles. The van der Waals surface area contributed by atoms with Crippen LogP contribution in [0.15, 0.2) is 12.1 Å². The Bertz CT molecular complexity index is 529. The minimum atomic E-state index is -0.624. The van der Waals surface area contributed by atoms with Gasteiger partial charge in [0.2, 0.25) is 0 Å². The maximum Gasteiger partial charge on any atom is 0.271 e. The zero-order valence-electron chi connectivity index (χ0n) is 9.89. The highest BCUT2D eigenvalue weighted by atomic mass is 35.5. The van der Waals surface area contributed by atoms with Crippen LogP contribution in [0.2, 0.25) is 5.02 Å². The van der Waals surface area contributed by atoms with Gasteiger partial charge in [0.25, 0.3) is 11.6 Å². The number of anilines is 1. The zero-order chi connectivity index (χ0) is 14.0. The molecule has 2 rings (SSSR count). The second-order valence-electron chi connectivity index (χ2n) is 4.18. The van der Waals surface area contributed by atoms with Gasteiger partial charge in [0, 0.05) is 18.7 Å². The lowest BCUT2D eigenvalue weighted by Gasteiger charge is -2.12. The molecule has 7 nitrogen and oxygen atoms in total. The first kappa shape index (κ1) is 13.6. The lowest BCUT2D eigenvalue weighted by atomic mass is 10.1. The molecule has 3 N–H and O–H groups in total. The number of carbonyl (C=O) groups is 1. The number of hydrogen-bond acceptors (Lipinski definition) is 5. The number of benzene rings is 1. The normalized spacial score (nSPS) is 18.3. The first-order valence-corrected chi connectivity index (χ1v) is 5.99. The Morgan fingerprint density at radius 3 is 2.89 bits per heavy atom. The molecule has 0 radical (unpaired) electrons. The van der Waals surface area contributed by atoms with E-state index in [1.54, 1.807) is 0 Å². The minimum Gasteiger partial charge on any atom is -0.397 e. The number of ether oxygens (including phenoxy) is 1. The van der Waals surface area contributed by atoms with Gasteiger partial charge in [-0.05, 0) is 6.42 Å². The zero-order valence-corrected chi connectivity index (χ0v) is 10.6. The fraction of sp³-hybridized carbons (Fsp3) is 0.364. The van der Waals surface area contributed by atoms with Crippen molar-refractivity contribution in [2.45, 2.75) is 12.5 Å². The predicted octanol–water partition coefficient (Wildman–Crippen LogP) is 1.35. The molecule has 0 spiro atoms. The van der Waals surface area contributed by atoms with Crippen molar-refractivity contribution >= 4 is 28.9 Å². The number of nitrogens with zero attached hydrogens (tertiary/aromatic N) is 1. The highest BCUT2D eigenvalue weighted by Crippen LogP contribution is 2.28. The van der Waals surface area contributed by atoms with E-state index < -0.39 is 10.8 Å². The van der Waals surface area contributed by atoms with Crippen LogP contribution in [0, 0.1) is 10.1 Å². The number of hydrogen-bond donors (Lipinski definition) is 2. The third-order valence-corrected chi connectivity index (χ3v) is 3.15. The van der Waals surface area contributed by atoms with Crippen LogP contribution < -0.4 is 11.1 Å². The van der Waals surface area contributed by atoms with Crippen LogP contribution in [-0.2, 0) is 4.74 Å². The summed E-state index contributed by atoms with van der Waals surface area (Å²) in [5, 5.41) is 13.4. The van der Waals surface area contributed by atoms with E-state index in [0.29, 0.717) is 19.6 Å². The van der Waals surface area contributed by atoms with Crippen molar-refractivity contribution in [3.63, 3.8) is 0 Å². The molecule has 0 bridgehead atoms. The van der Waals surface area contributed by atoms with Crippen molar-refractivity contribution < 1.29 is 14.5 Å². The van der Waals surface area contributed by atoms with Crippen LogP contribution in [0.4, 0.5) is 11.4 Å². The molecular weight excluding hydrogens is 274 g/mol. The molecule has 1 aliphatic heterocycles. The smallest absolute Gasteiger partial charge is 0.271 e. The van der Waals surface area contributed by atoms with Gasteiger partial charge < -0.3 is 15.8 Å². The van der Waals surface area contributed by atoms with Crippen molar-refractivity contribution in [1.82, 2.24) is 5.32 Å². The maximum atomic E-state index is 12.0. The average Bonchev–Trinajstić information content (AvgIpc) is 2.84. The highest BCUT2D eigenvalue weighted by molar-refractivity contribution is 6.34. The molecule has 1 saturated heterocycles. The number of nitrogens with one attached hydrogen (secondary N) is 1.